The van der Waals surface area contributed by atoms with Crippen LogP contribution >= 0.6 is 0 Å². The molecule has 2 N–H and O–H groups in total. The first-order valence-corrected chi connectivity index (χ1v) is 8.91. The number of nitrogens with zero attached hydrogens (tertiary/aromatic N) is 3. The molecular weight excluding hydrogens is 334 g/mol. The van der Waals surface area contributed by atoms with Crippen molar-refractivity contribution in [3.05, 3.63) is 57.5 Å². The third kappa shape index (κ3) is 2.98. The van der Waals surface area contributed by atoms with Gasteiger partial charge in [-0.05, 0) is 25.0 Å². The molecule has 0 bridgehead atoms. The fourth-order valence-electron chi connectivity index (χ4n) is 3.59. The predicted molar refractivity (Wildman–Crippen MR) is 96.6 cm³/mol. The third-order valence-corrected chi connectivity index (χ3v) is 4.88. The highest BCUT2D eigenvalue weighted by Crippen LogP contribution is 2.17. The molecule has 1 fully saturated rings. The minimum absolute atomic E-state index is 0.159. The molecule has 136 valence electrons. The summed E-state index contributed by atoms with van der Waals surface area (Å²) in [5.74, 6) is -0.251. The molecule has 0 spiro atoms. The number of amides is 1. The van der Waals surface area contributed by atoms with Gasteiger partial charge in [-0.25, -0.2) is 14.3 Å². The maximum atomic E-state index is 12.7. The number of para-hydroxylation sites is 1. The maximum Gasteiger partial charge on any atom is 0.353 e. The van der Waals surface area contributed by atoms with Crippen LogP contribution in [0.2, 0.25) is 0 Å². The zero-order chi connectivity index (χ0) is 18.1. The summed E-state index contributed by atoms with van der Waals surface area (Å²) in [7, 11) is 0. The largest absolute Gasteiger partial charge is 0.353 e. The molecule has 0 atom stereocenters. The van der Waals surface area contributed by atoms with Gasteiger partial charge >= 0.3 is 11.4 Å². The number of imidazole rings is 1. The zero-order valence-corrected chi connectivity index (χ0v) is 14.4. The van der Waals surface area contributed by atoms with Gasteiger partial charge < -0.3 is 5.32 Å². The van der Waals surface area contributed by atoms with Crippen LogP contribution in [0, 0.1) is 0 Å². The predicted octanol–water partition coefficient (Wildman–Crippen LogP) is 1.03. The van der Waals surface area contributed by atoms with Crippen LogP contribution in [0.25, 0.3) is 11.3 Å². The highest BCUT2D eigenvalue weighted by atomic mass is 16.2. The molecule has 0 aliphatic heterocycles. The van der Waals surface area contributed by atoms with Crippen molar-refractivity contribution in [3.8, 4) is 5.69 Å². The van der Waals surface area contributed by atoms with Crippen LogP contribution in [-0.4, -0.2) is 30.7 Å². The number of carbonyl (C=O) groups is 1. The molecule has 8 nitrogen and oxygen atoms in total. The van der Waals surface area contributed by atoms with Crippen molar-refractivity contribution in [1.82, 2.24) is 24.1 Å². The number of hydrogen-bond donors (Lipinski definition) is 2. The lowest BCUT2D eigenvalue weighted by molar-refractivity contribution is -0.122. The normalized spacial score (nSPS) is 15.4. The van der Waals surface area contributed by atoms with Gasteiger partial charge in [0, 0.05) is 6.04 Å². The summed E-state index contributed by atoms with van der Waals surface area (Å²) in [6.07, 6.45) is 6.92. The summed E-state index contributed by atoms with van der Waals surface area (Å²) in [5.41, 5.74) is 0.181. The van der Waals surface area contributed by atoms with Gasteiger partial charge in [-0.15, -0.1) is 0 Å². The standard InChI is InChI=1S/C18H21N5O3/c24-16(19-13-7-3-1-4-8-13)12-22-17(25)20-15-11-21(18(26)23(15)22)14-9-5-2-6-10-14/h2,5-6,9-11,13H,1,3-4,7-8,12H2,(H,19,24)(H,20,25). The van der Waals surface area contributed by atoms with E-state index in [4.69, 9.17) is 0 Å². The van der Waals surface area contributed by atoms with Gasteiger partial charge in [-0.2, -0.15) is 4.52 Å². The molecule has 26 heavy (non-hydrogen) atoms. The van der Waals surface area contributed by atoms with Crippen molar-refractivity contribution in [1.29, 1.82) is 0 Å². The number of carbonyl (C=O) groups excluding carboxylic acids is 1. The Labute approximate surface area is 149 Å². The molecule has 0 saturated heterocycles. The minimum atomic E-state index is -0.476. The first kappa shape index (κ1) is 16.4. The quantitative estimate of drug-likeness (QED) is 0.732. The van der Waals surface area contributed by atoms with Crippen molar-refractivity contribution < 1.29 is 4.79 Å². The topological polar surface area (TPSA) is 93.3 Å². The van der Waals surface area contributed by atoms with Crippen molar-refractivity contribution in [2.45, 2.75) is 44.7 Å². The summed E-state index contributed by atoms with van der Waals surface area (Å²) in [4.78, 5) is 39.9. The number of aromatic nitrogens is 4. The van der Waals surface area contributed by atoms with Crippen LogP contribution in [0.1, 0.15) is 32.1 Å². The second-order valence-corrected chi connectivity index (χ2v) is 6.70. The second-order valence-electron chi connectivity index (χ2n) is 6.70. The number of fused-ring (bicyclic) bond motifs is 1. The number of rotatable bonds is 4. The number of aromatic amines is 1. The van der Waals surface area contributed by atoms with E-state index in [1.54, 1.807) is 18.3 Å². The van der Waals surface area contributed by atoms with E-state index in [2.05, 4.69) is 10.3 Å². The molecule has 1 amide bonds. The highest BCUT2D eigenvalue weighted by molar-refractivity contribution is 5.76. The van der Waals surface area contributed by atoms with Crippen LogP contribution < -0.4 is 16.7 Å². The Hall–Kier alpha value is -3.03. The Morgan fingerprint density at radius 1 is 1.12 bits per heavy atom. The lowest BCUT2D eigenvalue weighted by atomic mass is 9.95. The Kier molecular flexibility index (Phi) is 4.24. The highest BCUT2D eigenvalue weighted by Gasteiger charge is 2.19. The summed E-state index contributed by atoms with van der Waals surface area (Å²) in [6.45, 7) is -0.186. The fraction of sp³-hybridized carbons (Fsp3) is 0.389. The monoisotopic (exact) mass is 355 g/mol. The number of nitrogens with one attached hydrogen (secondary N) is 2. The van der Waals surface area contributed by atoms with Crippen molar-refractivity contribution in [2.75, 3.05) is 0 Å². The second kappa shape index (κ2) is 6.70. The van der Waals surface area contributed by atoms with Gasteiger partial charge in [-0.1, -0.05) is 37.5 Å². The van der Waals surface area contributed by atoms with Crippen molar-refractivity contribution in [3.63, 3.8) is 0 Å². The van der Waals surface area contributed by atoms with Gasteiger partial charge in [0.2, 0.25) is 5.91 Å². The number of H-pyrrole nitrogens is 1. The van der Waals surface area contributed by atoms with Gasteiger partial charge in [0.15, 0.2) is 5.65 Å². The Bertz CT molecular complexity index is 1030. The van der Waals surface area contributed by atoms with E-state index in [9.17, 15) is 14.4 Å². The molecule has 4 rings (SSSR count). The Morgan fingerprint density at radius 2 is 1.85 bits per heavy atom. The van der Waals surface area contributed by atoms with Gasteiger partial charge in [0.1, 0.15) is 6.54 Å². The summed E-state index contributed by atoms with van der Waals surface area (Å²) in [6, 6.07) is 9.30. The van der Waals surface area contributed by atoms with Gasteiger partial charge in [-0.3, -0.25) is 14.3 Å². The van der Waals surface area contributed by atoms with E-state index in [1.165, 1.54) is 15.5 Å². The Balaban J connectivity index is 1.63. The molecule has 1 saturated carbocycles. The van der Waals surface area contributed by atoms with E-state index in [1.807, 2.05) is 18.2 Å². The van der Waals surface area contributed by atoms with E-state index in [0.29, 0.717) is 11.3 Å². The Morgan fingerprint density at radius 3 is 2.58 bits per heavy atom. The third-order valence-electron chi connectivity index (χ3n) is 4.88. The van der Waals surface area contributed by atoms with Crippen molar-refractivity contribution >= 4 is 11.6 Å². The average molecular weight is 355 g/mol. The molecule has 0 unspecified atom stereocenters. The fourth-order valence-corrected chi connectivity index (χ4v) is 3.59. The number of benzene rings is 1. The molecular formula is C18H21N5O3. The molecule has 0 radical (unpaired) electrons. The van der Waals surface area contributed by atoms with Crippen LogP contribution in [0.15, 0.2) is 46.1 Å². The molecule has 1 aromatic carbocycles. The molecule has 3 aromatic rings. The average Bonchev–Trinajstić information content (AvgIpc) is 3.13. The molecule has 1 aliphatic carbocycles. The minimum Gasteiger partial charge on any atom is -0.352 e. The molecule has 1 aliphatic rings. The SMILES string of the molecule is O=C(Cn1c(=O)[nH]c2cn(-c3ccccc3)c(=O)n21)NC1CCCCC1. The lowest BCUT2D eigenvalue weighted by Crippen LogP contribution is -2.41. The van der Waals surface area contributed by atoms with Crippen molar-refractivity contribution in [2.24, 2.45) is 0 Å². The first-order valence-electron chi connectivity index (χ1n) is 8.91. The lowest BCUT2D eigenvalue weighted by Gasteiger charge is -2.22. The van der Waals surface area contributed by atoms with Crippen LogP contribution in [-0.2, 0) is 11.3 Å². The summed E-state index contributed by atoms with van der Waals surface area (Å²) >= 11 is 0. The molecule has 2 heterocycles. The van der Waals surface area contributed by atoms with E-state index in [-0.39, 0.29) is 18.5 Å². The van der Waals surface area contributed by atoms with Crippen LogP contribution in [0.5, 0.6) is 0 Å². The van der Waals surface area contributed by atoms with Gasteiger partial charge in [0.25, 0.3) is 0 Å². The van der Waals surface area contributed by atoms with E-state index in [0.717, 1.165) is 30.4 Å². The van der Waals surface area contributed by atoms with E-state index < -0.39 is 11.4 Å². The van der Waals surface area contributed by atoms with Crippen LogP contribution in [0.3, 0.4) is 0 Å². The maximum absolute atomic E-state index is 12.7. The molecule has 8 heteroatoms. The van der Waals surface area contributed by atoms with E-state index >= 15 is 0 Å². The smallest absolute Gasteiger partial charge is 0.352 e. The molecule has 2 aromatic heterocycles. The number of hydrogen-bond acceptors (Lipinski definition) is 3. The zero-order valence-electron chi connectivity index (χ0n) is 14.4. The summed E-state index contributed by atoms with van der Waals surface area (Å²) in [5, 5.41) is 2.97. The van der Waals surface area contributed by atoms with Crippen LogP contribution in [0.4, 0.5) is 0 Å². The first-order chi connectivity index (χ1) is 12.6. The summed E-state index contributed by atoms with van der Waals surface area (Å²) < 4.78 is 3.81. The van der Waals surface area contributed by atoms with Gasteiger partial charge in [0.05, 0.1) is 11.9 Å².